The Balaban J connectivity index is 1.57. The molecule has 1 aliphatic heterocycles. The van der Waals surface area contributed by atoms with Crippen molar-refractivity contribution >= 4 is 11.8 Å². The monoisotopic (exact) mass is 392 g/mol. The first-order valence-electron chi connectivity index (χ1n) is 9.07. The molecule has 6 heteroatoms. The largest absolute Gasteiger partial charge is 0.486 e. The van der Waals surface area contributed by atoms with Crippen LogP contribution in [0.1, 0.15) is 31.8 Å². The lowest BCUT2D eigenvalue weighted by Gasteiger charge is -2.18. The summed E-state index contributed by atoms with van der Waals surface area (Å²) in [4.78, 5) is 25.6. The van der Waals surface area contributed by atoms with Crippen molar-refractivity contribution in [2.45, 2.75) is 6.61 Å². The third-order valence-corrected chi connectivity index (χ3v) is 4.51. The first-order valence-corrected chi connectivity index (χ1v) is 9.07. The summed E-state index contributed by atoms with van der Waals surface area (Å²) < 4.78 is 30.0. The van der Waals surface area contributed by atoms with Gasteiger partial charge in [-0.1, -0.05) is 36.4 Å². The van der Waals surface area contributed by atoms with E-state index >= 15 is 0 Å². The Morgan fingerprint density at radius 2 is 1.55 bits per heavy atom. The molecule has 4 rings (SSSR count). The lowest BCUT2D eigenvalue weighted by Crippen LogP contribution is -2.16. The van der Waals surface area contributed by atoms with Crippen molar-refractivity contribution < 1.29 is 28.2 Å². The van der Waals surface area contributed by atoms with Gasteiger partial charge in [0, 0.05) is 16.7 Å². The lowest BCUT2D eigenvalue weighted by atomic mass is 9.98. The zero-order valence-electron chi connectivity index (χ0n) is 15.4. The summed E-state index contributed by atoms with van der Waals surface area (Å²) in [6.07, 6.45) is 0. The van der Waals surface area contributed by atoms with Gasteiger partial charge in [0.1, 0.15) is 25.6 Å². The Bertz CT molecular complexity index is 1080. The molecule has 0 saturated heterocycles. The predicted molar refractivity (Wildman–Crippen MR) is 103 cm³/mol. The molecule has 0 spiro atoms. The fourth-order valence-electron chi connectivity index (χ4n) is 3.04. The zero-order chi connectivity index (χ0) is 20.2. The first kappa shape index (κ1) is 18.7. The van der Waals surface area contributed by atoms with Crippen molar-refractivity contribution in [3.63, 3.8) is 0 Å². The van der Waals surface area contributed by atoms with Crippen LogP contribution >= 0.6 is 0 Å². The number of ether oxygens (including phenoxy) is 3. The molecule has 0 amide bonds. The quantitative estimate of drug-likeness (QED) is 0.481. The number of hydrogen-bond acceptors (Lipinski definition) is 5. The van der Waals surface area contributed by atoms with Crippen molar-refractivity contribution in [1.82, 2.24) is 0 Å². The number of benzene rings is 3. The Hall–Kier alpha value is -3.67. The summed E-state index contributed by atoms with van der Waals surface area (Å²) in [5.41, 5.74) is 0.937. The van der Waals surface area contributed by atoms with Gasteiger partial charge in [-0.2, -0.15) is 0 Å². The summed E-state index contributed by atoms with van der Waals surface area (Å²) in [6, 6.07) is 17.3. The molecule has 0 saturated carbocycles. The van der Waals surface area contributed by atoms with Gasteiger partial charge in [-0.15, -0.1) is 0 Å². The van der Waals surface area contributed by atoms with E-state index in [2.05, 4.69) is 0 Å². The van der Waals surface area contributed by atoms with Crippen LogP contribution < -0.4 is 9.47 Å². The second kappa shape index (κ2) is 8.14. The molecular weight excluding hydrogens is 375 g/mol. The number of halogens is 1. The molecule has 0 bridgehead atoms. The van der Waals surface area contributed by atoms with E-state index in [1.165, 1.54) is 18.2 Å². The lowest BCUT2D eigenvalue weighted by molar-refractivity contribution is 0.0466. The molecule has 1 aliphatic rings. The van der Waals surface area contributed by atoms with E-state index in [9.17, 15) is 14.0 Å². The predicted octanol–water partition coefficient (Wildman–Crippen LogP) is 4.18. The molecule has 0 unspecified atom stereocenters. The maximum atomic E-state index is 13.7. The second-order valence-electron chi connectivity index (χ2n) is 6.40. The SMILES string of the molecule is O=C(OCc1ccccc1F)c1ccccc1C(=O)c1ccc2c(c1)OCCO2. The molecule has 3 aromatic rings. The van der Waals surface area contributed by atoms with Crippen LogP contribution in [0.3, 0.4) is 0 Å². The maximum absolute atomic E-state index is 13.7. The molecule has 146 valence electrons. The summed E-state index contributed by atoms with van der Waals surface area (Å²) in [5.74, 6) is -0.441. The minimum absolute atomic E-state index is 0.115. The number of carbonyl (C=O) groups excluding carboxylic acids is 2. The molecular formula is C23H17FO5. The average Bonchev–Trinajstić information content (AvgIpc) is 2.77. The van der Waals surface area contributed by atoms with Gasteiger partial charge in [-0.3, -0.25) is 4.79 Å². The van der Waals surface area contributed by atoms with Gasteiger partial charge < -0.3 is 14.2 Å². The van der Waals surface area contributed by atoms with Gasteiger partial charge in [-0.25, -0.2) is 9.18 Å². The molecule has 0 fully saturated rings. The van der Waals surface area contributed by atoms with E-state index in [4.69, 9.17) is 14.2 Å². The maximum Gasteiger partial charge on any atom is 0.339 e. The topological polar surface area (TPSA) is 61.8 Å². The average molecular weight is 392 g/mol. The van der Waals surface area contributed by atoms with E-state index in [0.29, 0.717) is 30.3 Å². The van der Waals surface area contributed by atoms with Crippen LogP contribution in [0.5, 0.6) is 11.5 Å². The number of ketones is 1. The minimum atomic E-state index is -0.699. The molecule has 1 heterocycles. The standard InChI is InChI=1S/C23H17FO5/c24-19-8-4-1-5-16(19)14-29-23(26)18-7-3-2-6-17(18)22(25)15-9-10-20-21(13-15)28-12-11-27-20/h1-10,13H,11-12,14H2. The Labute approximate surface area is 166 Å². The third-order valence-electron chi connectivity index (χ3n) is 4.51. The van der Waals surface area contributed by atoms with Crippen molar-refractivity contribution in [3.8, 4) is 11.5 Å². The molecule has 0 aromatic heterocycles. The number of fused-ring (bicyclic) bond motifs is 1. The Morgan fingerprint density at radius 3 is 2.34 bits per heavy atom. The number of hydrogen-bond donors (Lipinski definition) is 0. The Kier molecular flexibility index (Phi) is 5.24. The van der Waals surface area contributed by atoms with Crippen LogP contribution in [0, 0.1) is 5.82 Å². The van der Waals surface area contributed by atoms with E-state index in [1.807, 2.05) is 0 Å². The van der Waals surface area contributed by atoms with Crippen LogP contribution in [0.2, 0.25) is 0 Å². The van der Waals surface area contributed by atoms with Crippen molar-refractivity contribution in [2.24, 2.45) is 0 Å². The van der Waals surface area contributed by atoms with Crippen LogP contribution in [0.4, 0.5) is 4.39 Å². The van der Waals surface area contributed by atoms with Crippen molar-refractivity contribution in [3.05, 3.63) is 94.8 Å². The van der Waals surface area contributed by atoms with Gasteiger partial charge in [-0.05, 0) is 30.3 Å². The van der Waals surface area contributed by atoms with Crippen molar-refractivity contribution in [2.75, 3.05) is 13.2 Å². The van der Waals surface area contributed by atoms with Gasteiger partial charge in [0.15, 0.2) is 17.3 Å². The van der Waals surface area contributed by atoms with E-state index < -0.39 is 11.8 Å². The highest BCUT2D eigenvalue weighted by Gasteiger charge is 2.21. The van der Waals surface area contributed by atoms with Crippen LogP contribution in [0.15, 0.2) is 66.7 Å². The Morgan fingerprint density at radius 1 is 0.862 bits per heavy atom. The second-order valence-corrected chi connectivity index (χ2v) is 6.40. The number of carbonyl (C=O) groups is 2. The van der Waals surface area contributed by atoms with Gasteiger partial charge in [0.2, 0.25) is 0 Å². The summed E-state index contributed by atoms with van der Waals surface area (Å²) in [7, 11) is 0. The van der Waals surface area contributed by atoms with Crippen LogP contribution in [0.25, 0.3) is 0 Å². The van der Waals surface area contributed by atoms with E-state index in [-0.39, 0.29) is 29.1 Å². The summed E-state index contributed by atoms with van der Waals surface area (Å²) in [5, 5.41) is 0. The fourth-order valence-corrected chi connectivity index (χ4v) is 3.04. The molecule has 0 aliphatic carbocycles. The summed E-state index contributed by atoms with van der Waals surface area (Å²) >= 11 is 0. The number of rotatable bonds is 5. The van der Waals surface area contributed by atoms with Gasteiger partial charge in [0.05, 0.1) is 5.56 Å². The minimum Gasteiger partial charge on any atom is -0.486 e. The van der Waals surface area contributed by atoms with Crippen LogP contribution in [-0.4, -0.2) is 25.0 Å². The zero-order valence-corrected chi connectivity index (χ0v) is 15.4. The molecule has 0 radical (unpaired) electrons. The summed E-state index contributed by atoms with van der Waals surface area (Å²) in [6.45, 7) is 0.638. The van der Waals surface area contributed by atoms with Crippen molar-refractivity contribution in [1.29, 1.82) is 0 Å². The normalized spacial score (nSPS) is 12.3. The van der Waals surface area contributed by atoms with E-state index in [1.54, 1.807) is 48.5 Å². The molecule has 0 atom stereocenters. The number of esters is 1. The first-order chi connectivity index (χ1) is 14.1. The third kappa shape index (κ3) is 3.96. The molecule has 3 aromatic carbocycles. The van der Waals surface area contributed by atoms with Gasteiger partial charge >= 0.3 is 5.97 Å². The molecule has 0 N–H and O–H groups in total. The fraction of sp³-hybridized carbons (Fsp3) is 0.130. The molecule has 29 heavy (non-hydrogen) atoms. The molecule has 5 nitrogen and oxygen atoms in total. The highest BCUT2D eigenvalue weighted by atomic mass is 19.1. The van der Waals surface area contributed by atoms with Gasteiger partial charge in [0.25, 0.3) is 0 Å². The highest BCUT2D eigenvalue weighted by molar-refractivity contribution is 6.14. The van der Waals surface area contributed by atoms with E-state index in [0.717, 1.165) is 0 Å². The highest BCUT2D eigenvalue weighted by Crippen LogP contribution is 2.31. The smallest absolute Gasteiger partial charge is 0.339 e. The van der Waals surface area contributed by atoms with Crippen LogP contribution in [-0.2, 0) is 11.3 Å².